The van der Waals surface area contributed by atoms with Crippen LogP contribution in [0.25, 0.3) is 0 Å². The third kappa shape index (κ3) is 3.52. The average molecular weight is 249 g/mol. The van der Waals surface area contributed by atoms with Gasteiger partial charge in [0.1, 0.15) is 5.82 Å². The summed E-state index contributed by atoms with van der Waals surface area (Å²) in [6, 6.07) is 4.13. The molecule has 0 spiro atoms. The maximum Gasteiger partial charge on any atom is 0.239 e. The quantitative estimate of drug-likeness (QED) is 0.813. The summed E-state index contributed by atoms with van der Waals surface area (Å²) in [6.45, 7) is 7.24. The standard InChI is InChI=1S/C14H23N3O/c1-9(2)10(3)16-13-7-6-12(15)14(17-13)18-8-11-4-5-11/h6-7,9-11H,4-5,8,15H2,1-3H3,(H,16,17). The predicted octanol–water partition coefficient (Wildman–Crippen LogP) is 2.91. The molecular weight excluding hydrogens is 226 g/mol. The van der Waals surface area contributed by atoms with E-state index in [1.165, 1.54) is 12.8 Å². The van der Waals surface area contributed by atoms with Gasteiger partial charge in [0.2, 0.25) is 5.88 Å². The Hall–Kier alpha value is -1.45. The molecule has 0 amide bonds. The molecule has 1 saturated carbocycles. The van der Waals surface area contributed by atoms with E-state index in [9.17, 15) is 0 Å². The third-order valence-electron chi connectivity index (χ3n) is 3.42. The van der Waals surface area contributed by atoms with Crippen molar-refractivity contribution in [2.45, 2.75) is 39.7 Å². The van der Waals surface area contributed by atoms with Crippen LogP contribution in [0.4, 0.5) is 11.5 Å². The summed E-state index contributed by atoms with van der Waals surface area (Å²) in [5.74, 6) is 2.65. The van der Waals surface area contributed by atoms with Crippen molar-refractivity contribution in [2.24, 2.45) is 11.8 Å². The van der Waals surface area contributed by atoms with E-state index in [-0.39, 0.29) is 0 Å². The van der Waals surface area contributed by atoms with Crippen LogP contribution in [0.2, 0.25) is 0 Å². The van der Waals surface area contributed by atoms with Crippen LogP contribution in [0.5, 0.6) is 5.88 Å². The highest BCUT2D eigenvalue weighted by Crippen LogP contribution is 2.30. The van der Waals surface area contributed by atoms with Gasteiger partial charge in [0.25, 0.3) is 0 Å². The van der Waals surface area contributed by atoms with Crippen molar-refractivity contribution in [2.75, 3.05) is 17.7 Å². The Labute approximate surface area is 109 Å². The van der Waals surface area contributed by atoms with E-state index >= 15 is 0 Å². The molecule has 1 heterocycles. The van der Waals surface area contributed by atoms with Gasteiger partial charge >= 0.3 is 0 Å². The molecule has 0 bridgehead atoms. The molecule has 1 aromatic rings. The Bertz CT molecular complexity index is 402. The first-order valence-electron chi connectivity index (χ1n) is 6.72. The van der Waals surface area contributed by atoms with Gasteiger partial charge in [-0.15, -0.1) is 0 Å². The fraction of sp³-hybridized carbons (Fsp3) is 0.643. The van der Waals surface area contributed by atoms with Crippen molar-refractivity contribution in [3.8, 4) is 5.88 Å². The number of nitrogens with two attached hydrogens (primary N) is 1. The smallest absolute Gasteiger partial charge is 0.239 e. The average Bonchev–Trinajstić information content (AvgIpc) is 3.13. The zero-order valence-corrected chi connectivity index (χ0v) is 11.4. The number of ether oxygens (including phenoxy) is 1. The van der Waals surface area contributed by atoms with Gasteiger partial charge < -0.3 is 15.8 Å². The lowest BCUT2D eigenvalue weighted by molar-refractivity contribution is 0.290. The number of nitrogens with one attached hydrogen (secondary N) is 1. The maximum absolute atomic E-state index is 5.87. The van der Waals surface area contributed by atoms with Crippen molar-refractivity contribution < 1.29 is 4.74 Å². The minimum atomic E-state index is 0.373. The fourth-order valence-electron chi connectivity index (χ4n) is 1.53. The highest BCUT2D eigenvalue weighted by atomic mass is 16.5. The minimum Gasteiger partial charge on any atom is -0.476 e. The predicted molar refractivity (Wildman–Crippen MR) is 74.8 cm³/mol. The molecule has 1 atom stereocenters. The minimum absolute atomic E-state index is 0.373. The number of aromatic nitrogens is 1. The Morgan fingerprint density at radius 2 is 2.11 bits per heavy atom. The summed E-state index contributed by atoms with van der Waals surface area (Å²) in [6.07, 6.45) is 2.53. The molecule has 1 aliphatic carbocycles. The van der Waals surface area contributed by atoms with Gasteiger partial charge in [-0.3, -0.25) is 0 Å². The summed E-state index contributed by atoms with van der Waals surface area (Å²) >= 11 is 0. The summed E-state index contributed by atoms with van der Waals surface area (Å²) in [7, 11) is 0. The lowest BCUT2D eigenvalue weighted by Crippen LogP contribution is -2.22. The van der Waals surface area contributed by atoms with Gasteiger partial charge in [-0.1, -0.05) is 13.8 Å². The van der Waals surface area contributed by atoms with Gasteiger partial charge in [-0.25, -0.2) is 0 Å². The topological polar surface area (TPSA) is 60.2 Å². The molecule has 18 heavy (non-hydrogen) atoms. The molecule has 1 aliphatic rings. The first kappa shape index (κ1) is 13.0. The summed E-state index contributed by atoms with van der Waals surface area (Å²) in [5, 5.41) is 3.37. The molecule has 4 nitrogen and oxygen atoms in total. The second kappa shape index (κ2) is 5.46. The number of hydrogen-bond acceptors (Lipinski definition) is 4. The van der Waals surface area contributed by atoms with Gasteiger partial charge in [0, 0.05) is 6.04 Å². The van der Waals surface area contributed by atoms with Gasteiger partial charge in [-0.05, 0) is 43.7 Å². The van der Waals surface area contributed by atoms with Crippen molar-refractivity contribution in [3.63, 3.8) is 0 Å². The maximum atomic E-state index is 5.87. The van der Waals surface area contributed by atoms with Crippen molar-refractivity contribution in [3.05, 3.63) is 12.1 Å². The van der Waals surface area contributed by atoms with Crippen LogP contribution in [-0.2, 0) is 0 Å². The molecule has 0 aromatic carbocycles. The molecule has 3 N–H and O–H groups in total. The zero-order valence-electron chi connectivity index (χ0n) is 11.4. The Morgan fingerprint density at radius 1 is 1.39 bits per heavy atom. The van der Waals surface area contributed by atoms with Gasteiger partial charge in [-0.2, -0.15) is 4.98 Å². The molecule has 4 heteroatoms. The highest BCUT2D eigenvalue weighted by Gasteiger charge is 2.22. The number of hydrogen-bond donors (Lipinski definition) is 2. The van der Waals surface area contributed by atoms with E-state index in [0.29, 0.717) is 29.4 Å². The summed E-state index contributed by atoms with van der Waals surface area (Å²) < 4.78 is 5.67. The van der Waals surface area contributed by atoms with Gasteiger partial charge in [0.05, 0.1) is 12.3 Å². The molecule has 0 saturated heterocycles. The van der Waals surface area contributed by atoms with Crippen molar-refractivity contribution in [1.29, 1.82) is 0 Å². The molecule has 1 unspecified atom stereocenters. The first-order chi connectivity index (χ1) is 8.56. The second-order valence-corrected chi connectivity index (χ2v) is 5.52. The summed E-state index contributed by atoms with van der Waals surface area (Å²) in [4.78, 5) is 4.44. The second-order valence-electron chi connectivity index (χ2n) is 5.52. The number of nitrogens with zero attached hydrogens (tertiary/aromatic N) is 1. The molecule has 1 aromatic heterocycles. The number of pyridine rings is 1. The van der Waals surface area contributed by atoms with E-state index in [4.69, 9.17) is 10.5 Å². The van der Waals surface area contributed by atoms with Crippen LogP contribution in [0.3, 0.4) is 0 Å². The van der Waals surface area contributed by atoms with Crippen molar-refractivity contribution in [1.82, 2.24) is 4.98 Å². The van der Waals surface area contributed by atoms with E-state index in [1.807, 2.05) is 12.1 Å². The molecular formula is C14H23N3O. The fourth-order valence-corrected chi connectivity index (χ4v) is 1.53. The van der Waals surface area contributed by atoms with E-state index < -0.39 is 0 Å². The van der Waals surface area contributed by atoms with E-state index in [1.54, 1.807) is 0 Å². The lowest BCUT2D eigenvalue weighted by Gasteiger charge is -2.18. The number of nitrogen functional groups attached to an aromatic ring is 1. The Morgan fingerprint density at radius 3 is 2.72 bits per heavy atom. The molecule has 100 valence electrons. The van der Waals surface area contributed by atoms with Crippen LogP contribution in [0, 0.1) is 11.8 Å². The van der Waals surface area contributed by atoms with Crippen LogP contribution >= 0.6 is 0 Å². The Balaban J connectivity index is 1.99. The number of anilines is 2. The van der Waals surface area contributed by atoms with Crippen molar-refractivity contribution >= 4 is 11.5 Å². The normalized spacial score (nSPS) is 16.7. The monoisotopic (exact) mass is 249 g/mol. The highest BCUT2D eigenvalue weighted by molar-refractivity contribution is 5.53. The molecule has 0 aliphatic heterocycles. The first-order valence-corrected chi connectivity index (χ1v) is 6.72. The molecule has 0 radical (unpaired) electrons. The van der Waals surface area contributed by atoms with E-state index in [0.717, 1.165) is 12.4 Å². The third-order valence-corrected chi connectivity index (χ3v) is 3.42. The SMILES string of the molecule is CC(C)C(C)Nc1ccc(N)c(OCC2CC2)n1. The van der Waals surface area contributed by atoms with Crippen LogP contribution in [-0.4, -0.2) is 17.6 Å². The molecule has 1 fully saturated rings. The van der Waals surface area contributed by atoms with Gasteiger partial charge in [0.15, 0.2) is 0 Å². The van der Waals surface area contributed by atoms with Crippen LogP contribution < -0.4 is 15.8 Å². The van der Waals surface area contributed by atoms with E-state index in [2.05, 4.69) is 31.1 Å². The zero-order chi connectivity index (χ0) is 13.1. The number of rotatable bonds is 6. The molecule has 2 rings (SSSR count). The summed E-state index contributed by atoms with van der Waals surface area (Å²) in [5.41, 5.74) is 6.48. The largest absolute Gasteiger partial charge is 0.476 e. The van der Waals surface area contributed by atoms with Crippen LogP contribution in [0.15, 0.2) is 12.1 Å². The van der Waals surface area contributed by atoms with Crippen LogP contribution in [0.1, 0.15) is 33.6 Å². The lowest BCUT2D eigenvalue weighted by atomic mass is 10.1. The Kier molecular flexibility index (Phi) is 3.94.